The Kier molecular flexibility index (Phi) is 4.90. The van der Waals surface area contributed by atoms with E-state index in [-0.39, 0.29) is 12.5 Å². The minimum atomic E-state index is 0.0428. The summed E-state index contributed by atoms with van der Waals surface area (Å²) in [4.78, 5) is 0. The predicted molar refractivity (Wildman–Crippen MR) is 65.7 cm³/mol. The number of nitrogen functional groups attached to an aromatic ring is 1. The zero-order chi connectivity index (χ0) is 12.8. The molecule has 0 amide bonds. The van der Waals surface area contributed by atoms with E-state index in [0.29, 0.717) is 29.5 Å². The molecule has 0 radical (unpaired) electrons. The maximum Gasteiger partial charge on any atom is 0.184 e. The van der Waals surface area contributed by atoms with Crippen LogP contribution < -0.4 is 19.9 Å². The zero-order valence-corrected chi connectivity index (χ0v) is 10.4. The molecule has 0 bridgehead atoms. The van der Waals surface area contributed by atoms with E-state index in [1.54, 1.807) is 19.2 Å². The number of methoxy groups -OCH3 is 2. The molecule has 5 nitrogen and oxygen atoms in total. The molecule has 1 aromatic carbocycles. The van der Waals surface area contributed by atoms with Gasteiger partial charge in [-0.3, -0.25) is 0 Å². The molecule has 0 aromatic heterocycles. The molecular formula is C12H19NO4. The van der Waals surface area contributed by atoms with Crippen LogP contribution in [0.2, 0.25) is 0 Å². The molecule has 0 spiro atoms. The van der Waals surface area contributed by atoms with Gasteiger partial charge in [-0.05, 0) is 0 Å². The van der Waals surface area contributed by atoms with Crippen molar-refractivity contribution >= 4 is 5.69 Å². The van der Waals surface area contributed by atoms with Crippen LogP contribution in [-0.2, 0) is 0 Å². The third-order valence-electron chi connectivity index (χ3n) is 2.34. The van der Waals surface area contributed by atoms with E-state index in [9.17, 15) is 0 Å². The molecule has 17 heavy (non-hydrogen) atoms. The molecule has 5 heteroatoms. The standard InChI is InChI=1S/C12H19NO4/c1-8(6-14)7-17-12-10(13)4-9(15-2)5-11(12)16-3/h4-5,8,14H,6-7,13H2,1-3H3. The summed E-state index contributed by atoms with van der Waals surface area (Å²) in [6.07, 6.45) is 0. The Labute approximate surface area is 101 Å². The maximum atomic E-state index is 8.93. The highest BCUT2D eigenvalue weighted by Gasteiger charge is 2.12. The molecule has 3 N–H and O–H groups in total. The van der Waals surface area contributed by atoms with Crippen LogP contribution in [0.5, 0.6) is 17.2 Å². The van der Waals surface area contributed by atoms with Gasteiger partial charge in [0.05, 0.1) is 26.5 Å². The summed E-state index contributed by atoms with van der Waals surface area (Å²) in [6, 6.07) is 3.37. The zero-order valence-electron chi connectivity index (χ0n) is 10.4. The quantitative estimate of drug-likeness (QED) is 0.734. The van der Waals surface area contributed by atoms with E-state index < -0.39 is 0 Å². The van der Waals surface area contributed by atoms with Crippen molar-refractivity contribution in [2.24, 2.45) is 5.92 Å². The normalized spacial score (nSPS) is 12.0. The summed E-state index contributed by atoms with van der Waals surface area (Å²) >= 11 is 0. The van der Waals surface area contributed by atoms with Crippen molar-refractivity contribution in [3.8, 4) is 17.2 Å². The maximum absolute atomic E-state index is 8.93. The number of hydrogen-bond donors (Lipinski definition) is 2. The number of hydrogen-bond acceptors (Lipinski definition) is 5. The molecule has 0 aliphatic rings. The molecule has 0 aliphatic carbocycles. The van der Waals surface area contributed by atoms with E-state index in [1.165, 1.54) is 7.11 Å². The summed E-state index contributed by atoms with van der Waals surface area (Å²) in [5.41, 5.74) is 6.30. The van der Waals surface area contributed by atoms with Crippen LogP contribution in [0.4, 0.5) is 5.69 Å². The van der Waals surface area contributed by atoms with Crippen molar-refractivity contribution in [2.75, 3.05) is 33.2 Å². The monoisotopic (exact) mass is 241 g/mol. The Balaban J connectivity index is 2.89. The number of anilines is 1. The van der Waals surface area contributed by atoms with Gasteiger partial charge in [-0.15, -0.1) is 0 Å². The van der Waals surface area contributed by atoms with Gasteiger partial charge >= 0.3 is 0 Å². The first-order valence-corrected chi connectivity index (χ1v) is 5.37. The molecule has 1 unspecified atom stereocenters. The van der Waals surface area contributed by atoms with Gasteiger partial charge in [0.25, 0.3) is 0 Å². The number of rotatable bonds is 6. The number of nitrogens with two attached hydrogens (primary N) is 1. The lowest BCUT2D eigenvalue weighted by atomic mass is 10.2. The lowest BCUT2D eigenvalue weighted by Crippen LogP contribution is -2.13. The Morgan fingerprint density at radius 2 is 2.00 bits per heavy atom. The Morgan fingerprint density at radius 3 is 2.53 bits per heavy atom. The molecule has 0 fully saturated rings. The topological polar surface area (TPSA) is 73.9 Å². The molecule has 0 saturated heterocycles. The SMILES string of the molecule is COc1cc(N)c(OCC(C)CO)c(OC)c1. The number of ether oxygens (including phenoxy) is 3. The van der Waals surface area contributed by atoms with Gasteiger partial charge < -0.3 is 25.1 Å². The molecule has 0 aliphatic heterocycles. The molecule has 96 valence electrons. The third-order valence-corrected chi connectivity index (χ3v) is 2.34. The number of aliphatic hydroxyl groups is 1. The minimum absolute atomic E-state index is 0.0428. The second-order valence-electron chi connectivity index (χ2n) is 3.85. The van der Waals surface area contributed by atoms with Crippen LogP contribution >= 0.6 is 0 Å². The van der Waals surface area contributed by atoms with E-state index in [2.05, 4.69) is 0 Å². The van der Waals surface area contributed by atoms with Gasteiger partial charge in [-0.2, -0.15) is 0 Å². The number of benzene rings is 1. The molecule has 1 atom stereocenters. The summed E-state index contributed by atoms with van der Waals surface area (Å²) < 4.78 is 15.8. The number of aliphatic hydroxyl groups excluding tert-OH is 1. The van der Waals surface area contributed by atoms with E-state index >= 15 is 0 Å². The summed E-state index contributed by atoms with van der Waals surface area (Å²) in [7, 11) is 3.10. The van der Waals surface area contributed by atoms with Gasteiger partial charge in [-0.25, -0.2) is 0 Å². The fraction of sp³-hybridized carbons (Fsp3) is 0.500. The van der Waals surface area contributed by atoms with Crippen LogP contribution in [0.3, 0.4) is 0 Å². The molecular weight excluding hydrogens is 222 g/mol. The van der Waals surface area contributed by atoms with Gasteiger partial charge in [0.2, 0.25) is 0 Å². The Morgan fingerprint density at radius 1 is 1.29 bits per heavy atom. The Hall–Kier alpha value is -1.62. The van der Waals surface area contributed by atoms with E-state index in [0.717, 1.165) is 0 Å². The van der Waals surface area contributed by atoms with Crippen LogP contribution in [0, 0.1) is 5.92 Å². The molecule has 0 saturated carbocycles. The summed E-state index contributed by atoms with van der Waals surface area (Å²) in [6.45, 7) is 2.33. The predicted octanol–water partition coefficient (Wildman–Crippen LogP) is 1.29. The highest BCUT2D eigenvalue weighted by Crippen LogP contribution is 2.37. The molecule has 0 heterocycles. The molecule has 1 aromatic rings. The van der Waals surface area contributed by atoms with Gasteiger partial charge in [0.1, 0.15) is 5.75 Å². The van der Waals surface area contributed by atoms with Crippen LogP contribution in [0.15, 0.2) is 12.1 Å². The van der Waals surface area contributed by atoms with Crippen LogP contribution in [-0.4, -0.2) is 32.5 Å². The van der Waals surface area contributed by atoms with Crippen molar-refractivity contribution in [3.63, 3.8) is 0 Å². The lowest BCUT2D eigenvalue weighted by Gasteiger charge is -2.16. The first-order valence-electron chi connectivity index (χ1n) is 5.37. The van der Waals surface area contributed by atoms with Crippen molar-refractivity contribution in [1.29, 1.82) is 0 Å². The van der Waals surface area contributed by atoms with Crippen LogP contribution in [0.1, 0.15) is 6.92 Å². The second kappa shape index (κ2) is 6.20. The highest BCUT2D eigenvalue weighted by molar-refractivity contribution is 5.63. The lowest BCUT2D eigenvalue weighted by molar-refractivity contribution is 0.171. The van der Waals surface area contributed by atoms with Gasteiger partial charge in [-0.1, -0.05) is 6.92 Å². The first kappa shape index (κ1) is 13.4. The third kappa shape index (κ3) is 3.42. The van der Waals surface area contributed by atoms with Crippen molar-refractivity contribution in [3.05, 3.63) is 12.1 Å². The summed E-state index contributed by atoms with van der Waals surface area (Å²) in [5, 5.41) is 8.93. The van der Waals surface area contributed by atoms with Crippen molar-refractivity contribution in [1.82, 2.24) is 0 Å². The van der Waals surface area contributed by atoms with Gasteiger partial charge in [0, 0.05) is 24.7 Å². The van der Waals surface area contributed by atoms with Crippen LogP contribution in [0.25, 0.3) is 0 Å². The van der Waals surface area contributed by atoms with E-state index in [1.807, 2.05) is 6.92 Å². The fourth-order valence-corrected chi connectivity index (χ4v) is 1.30. The minimum Gasteiger partial charge on any atom is -0.497 e. The fourth-order valence-electron chi connectivity index (χ4n) is 1.30. The van der Waals surface area contributed by atoms with Gasteiger partial charge in [0.15, 0.2) is 11.5 Å². The average molecular weight is 241 g/mol. The second-order valence-corrected chi connectivity index (χ2v) is 3.85. The first-order chi connectivity index (χ1) is 8.12. The Bertz CT molecular complexity index is 368. The smallest absolute Gasteiger partial charge is 0.184 e. The molecule has 1 rings (SSSR count). The highest BCUT2D eigenvalue weighted by atomic mass is 16.5. The van der Waals surface area contributed by atoms with Crippen molar-refractivity contribution < 1.29 is 19.3 Å². The largest absolute Gasteiger partial charge is 0.497 e. The van der Waals surface area contributed by atoms with E-state index in [4.69, 9.17) is 25.1 Å². The average Bonchev–Trinajstić information content (AvgIpc) is 2.35. The summed E-state index contributed by atoms with van der Waals surface area (Å²) in [5.74, 6) is 1.66. The van der Waals surface area contributed by atoms with Crippen molar-refractivity contribution in [2.45, 2.75) is 6.92 Å².